The molecule has 2 heteroatoms. The van der Waals surface area contributed by atoms with Crippen LogP contribution in [0.3, 0.4) is 0 Å². The molecule has 2 rings (SSSR count). The van der Waals surface area contributed by atoms with Crippen LogP contribution in [0.5, 0.6) is 0 Å². The molecule has 0 aliphatic carbocycles. The molecule has 0 N–H and O–H groups in total. The molecule has 0 aromatic heterocycles. The van der Waals surface area contributed by atoms with Gasteiger partial charge in [0.1, 0.15) is 0 Å². The highest BCUT2D eigenvalue weighted by Crippen LogP contribution is 2.36. The van der Waals surface area contributed by atoms with Gasteiger partial charge in [0.2, 0.25) is 6.17 Å². The number of benzene rings is 1. The van der Waals surface area contributed by atoms with Gasteiger partial charge in [-0.3, -0.25) is 0 Å². The molecule has 1 aliphatic rings. The lowest BCUT2D eigenvalue weighted by atomic mass is 9.79. The highest BCUT2D eigenvalue weighted by Gasteiger charge is 2.34. The Morgan fingerprint density at radius 3 is 1.74 bits per heavy atom. The van der Waals surface area contributed by atoms with Crippen molar-refractivity contribution in [3.05, 3.63) is 42.1 Å². The minimum absolute atomic E-state index is 0.498. The van der Waals surface area contributed by atoms with Gasteiger partial charge in [-0.05, 0) is 30.7 Å². The van der Waals surface area contributed by atoms with E-state index in [4.69, 9.17) is 0 Å². The Hall–Kier alpha value is -1.57. The summed E-state index contributed by atoms with van der Waals surface area (Å²) in [5.41, 5.74) is 1.45. The summed E-state index contributed by atoms with van der Waals surface area (Å²) in [7, 11) is 0. The van der Waals surface area contributed by atoms with Crippen molar-refractivity contribution in [1.29, 1.82) is 0 Å². The third kappa shape index (κ3) is 11.0. The van der Waals surface area contributed by atoms with Crippen LogP contribution in [0.15, 0.2) is 40.3 Å². The van der Waals surface area contributed by atoms with Crippen molar-refractivity contribution in [3.63, 3.8) is 0 Å². The minimum atomic E-state index is 0.498. The molecule has 31 heavy (non-hydrogen) atoms. The summed E-state index contributed by atoms with van der Waals surface area (Å²) in [5.74, 6) is 1.14. The summed E-state index contributed by atoms with van der Waals surface area (Å²) in [5, 5.41) is 0. The van der Waals surface area contributed by atoms with Gasteiger partial charge in [-0.15, -0.1) is 0 Å². The van der Waals surface area contributed by atoms with Crippen LogP contribution in [0, 0.1) is 18.0 Å². The van der Waals surface area contributed by atoms with Crippen molar-refractivity contribution in [3.8, 4) is 0 Å². The van der Waals surface area contributed by atoms with Gasteiger partial charge in [0, 0.05) is 0 Å². The van der Waals surface area contributed by atoms with Crippen molar-refractivity contribution in [2.24, 2.45) is 21.8 Å². The predicted molar refractivity (Wildman–Crippen MR) is 138 cm³/mol. The molecule has 0 fully saturated rings. The average molecular weight is 424 g/mol. The molecule has 2 unspecified atom stereocenters. The Bertz CT molecular complexity index is 580. The monoisotopic (exact) mass is 423 g/mol. The van der Waals surface area contributed by atoms with Gasteiger partial charge >= 0.3 is 0 Å². The summed E-state index contributed by atoms with van der Waals surface area (Å²) < 4.78 is 0. The van der Waals surface area contributed by atoms with E-state index in [1.54, 1.807) is 0 Å². The van der Waals surface area contributed by atoms with Crippen molar-refractivity contribution >= 4 is 12.4 Å². The lowest BCUT2D eigenvalue weighted by Crippen LogP contribution is -2.22. The van der Waals surface area contributed by atoms with E-state index >= 15 is 0 Å². The SMILES string of the molecule is CCCCCCCCCCCCCCC([C+]1N=CC=N1)C(CCC)Cc1ccccc1. The number of nitrogens with zero attached hydrogens (tertiary/aromatic N) is 2. The Morgan fingerprint density at radius 1 is 0.645 bits per heavy atom. The molecule has 1 heterocycles. The lowest BCUT2D eigenvalue weighted by Gasteiger charge is -2.25. The maximum absolute atomic E-state index is 4.63. The zero-order valence-corrected chi connectivity index (χ0v) is 20.4. The Labute approximate surface area is 193 Å². The highest BCUT2D eigenvalue weighted by atomic mass is 15.0. The molecule has 1 aliphatic heterocycles. The fourth-order valence-electron chi connectivity index (χ4n) is 4.96. The van der Waals surface area contributed by atoms with E-state index in [1.165, 1.54) is 102 Å². The smallest absolute Gasteiger partial charge is 0.0965 e. The maximum atomic E-state index is 4.63. The first-order valence-corrected chi connectivity index (χ1v) is 13.3. The number of hydrogen-bond acceptors (Lipinski definition) is 2. The molecule has 0 radical (unpaired) electrons. The van der Waals surface area contributed by atoms with Crippen molar-refractivity contribution in [2.45, 2.75) is 117 Å². The van der Waals surface area contributed by atoms with Crippen LogP contribution >= 0.6 is 0 Å². The molecule has 2 atom stereocenters. The van der Waals surface area contributed by atoms with E-state index in [0.29, 0.717) is 11.8 Å². The predicted octanol–water partition coefficient (Wildman–Crippen LogP) is 9.00. The number of aliphatic imine (C=N–C) groups is 2. The van der Waals surface area contributed by atoms with Gasteiger partial charge in [-0.25, -0.2) is 0 Å². The molecular formula is C29H47N2+. The molecule has 1 aromatic carbocycles. The third-order valence-electron chi connectivity index (χ3n) is 6.75. The topological polar surface area (TPSA) is 24.7 Å². The second-order valence-corrected chi connectivity index (χ2v) is 9.44. The van der Waals surface area contributed by atoms with Gasteiger partial charge in [-0.2, -0.15) is 0 Å². The Morgan fingerprint density at radius 2 is 1.19 bits per heavy atom. The number of rotatable bonds is 19. The first kappa shape index (κ1) is 25.7. The van der Waals surface area contributed by atoms with Crippen LogP contribution in [0.2, 0.25) is 0 Å². The molecule has 0 saturated heterocycles. The van der Waals surface area contributed by atoms with Crippen molar-refractivity contribution in [1.82, 2.24) is 0 Å². The molecular weight excluding hydrogens is 376 g/mol. The Balaban J connectivity index is 1.68. The summed E-state index contributed by atoms with van der Waals surface area (Å²) in [6.45, 7) is 4.60. The summed E-state index contributed by atoms with van der Waals surface area (Å²) in [4.78, 5) is 9.25. The van der Waals surface area contributed by atoms with E-state index in [1.807, 2.05) is 12.4 Å². The number of hydrogen-bond donors (Lipinski definition) is 0. The van der Waals surface area contributed by atoms with Gasteiger partial charge < -0.3 is 0 Å². The second kappa shape index (κ2) is 17.0. The molecule has 172 valence electrons. The first-order chi connectivity index (χ1) is 15.3. The maximum Gasteiger partial charge on any atom is 0.244 e. The van der Waals surface area contributed by atoms with E-state index < -0.39 is 0 Å². The molecule has 0 spiro atoms. The largest absolute Gasteiger partial charge is 0.244 e. The molecule has 0 bridgehead atoms. The molecule has 0 amide bonds. The quantitative estimate of drug-likeness (QED) is 0.157. The van der Waals surface area contributed by atoms with Crippen LogP contribution in [-0.2, 0) is 6.42 Å². The standard InChI is InChI=1S/C29H47N2/c1-3-5-6-7-8-9-10-11-12-13-14-18-22-28(29-30-23-24-31-29)27(19-4-2)25-26-20-16-15-17-21-26/h15-17,20-21,23-24,27-28H,3-14,18-19,22,25H2,1-2H3/q+1. The summed E-state index contributed by atoms with van der Waals surface area (Å²) in [6.07, 6.45) is 26.6. The zero-order valence-electron chi connectivity index (χ0n) is 20.4. The fourth-order valence-corrected chi connectivity index (χ4v) is 4.96. The van der Waals surface area contributed by atoms with Crippen LogP contribution < -0.4 is 0 Å². The van der Waals surface area contributed by atoms with E-state index in [0.717, 1.165) is 12.6 Å². The van der Waals surface area contributed by atoms with Crippen LogP contribution in [-0.4, -0.2) is 12.4 Å². The zero-order chi connectivity index (χ0) is 22.0. The summed E-state index contributed by atoms with van der Waals surface area (Å²) in [6, 6.07) is 11.0. The van der Waals surface area contributed by atoms with E-state index in [2.05, 4.69) is 54.2 Å². The van der Waals surface area contributed by atoms with Gasteiger partial charge in [-0.1, -0.05) is 138 Å². The van der Waals surface area contributed by atoms with Gasteiger partial charge in [0.05, 0.1) is 5.92 Å². The van der Waals surface area contributed by atoms with E-state index in [-0.39, 0.29) is 0 Å². The van der Waals surface area contributed by atoms with E-state index in [9.17, 15) is 0 Å². The normalized spacial score (nSPS) is 15.0. The minimum Gasteiger partial charge on any atom is -0.0965 e. The Kier molecular flexibility index (Phi) is 14.1. The van der Waals surface area contributed by atoms with Crippen LogP contribution in [0.1, 0.15) is 116 Å². The van der Waals surface area contributed by atoms with Crippen molar-refractivity contribution in [2.75, 3.05) is 0 Å². The lowest BCUT2D eigenvalue weighted by molar-refractivity contribution is 0.290. The highest BCUT2D eigenvalue weighted by molar-refractivity contribution is 6.18. The van der Waals surface area contributed by atoms with Gasteiger partial charge in [0.15, 0.2) is 12.4 Å². The number of unbranched alkanes of at least 4 members (excludes halogenated alkanes) is 11. The molecule has 2 nitrogen and oxygen atoms in total. The fraction of sp³-hybridized carbons (Fsp3) is 0.690. The third-order valence-corrected chi connectivity index (χ3v) is 6.75. The van der Waals surface area contributed by atoms with Gasteiger partial charge in [0.25, 0.3) is 0 Å². The molecule has 0 saturated carbocycles. The summed E-state index contributed by atoms with van der Waals surface area (Å²) >= 11 is 0. The van der Waals surface area contributed by atoms with Crippen LogP contribution in [0.4, 0.5) is 0 Å². The second-order valence-electron chi connectivity index (χ2n) is 9.44. The first-order valence-electron chi connectivity index (χ1n) is 13.3. The molecule has 1 aromatic rings. The van der Waals surface area contributed by atoms with Crippen LogP contribution in [0.25, 0.3) is 0 Å². The van der Waals surface area contributed by atoms with Crippen molar-refractivity contribution < 1.29 is 0 Å². The average Bonchev–Trinajstić information content (AvgIpc) is 3.32.